The van der Waals surface area contributed by atoms with Crippen molar-refractivity contribution < 1.29 is 33.3 Å². The highest BCUT2D eigenvalue weighted by atomic mass is 16.5. The lowest BCUT2D eigenvalue weighted by Crippen LogP contribution is -2.19. The fourth-order valence-electron chi connectivity index (χ4n) is 3.11. The van der Waals surface area contributed by atoms with Gasteiger partial charge in [0.2, 0.25) is 0 Å². The third-order valence-electron chi connectivity index (χ3n) is 4.45. The van der Waals surface area contributed by atoms with Crippen LogP contribution in [0.5, 0.6) is 5.75 Å². The lowest BCUT2D eigenvalue weighted by Gasteiger charge is -2.12. The molecule has 1 aromatic heterocycles. The molecule has 0 unspecified atom stereocenters. The van der Waals surface area contributed by atoms with Gasteiger partial charge in [0.1, 0.15) is 17.0 Å². The molecule has 0 radical (unpaired) electrons. The fourth-order valence-corrected chi connectivity index (χ4v) is 3.11. The van der Waals surface area contributed by atoms with Crippen LogP contribution in [0, 0.1) is 6.92 Å². The number of nitrogens with zero attached hydrogens (tertiary/aromatic N) is 1. The summed E-state index contributed by atoms with van der Waals surface area (Å²) >= 11 is 0. The van der Waals surface area contributed by atoms with Gasteiger partial charge in [0, 0.05) is 12.2 Å². The van der Waals surface area contributed by atoms with E-state index in [1.807, 2.05) is 12.1 Å². The van der Waals surface area contributed by atoms with Crippen LogP contribution in [0.4, 0.5) is 0 Å². The molecule has 0 N–H and O–H groups in total. The van der Waals surface area contributed by atoms with Gasteiger partial charge in [0.25, 0.3) is 0 Å². The highest BCUT2D eigenvalue weighted by Crippen LogP contribution is 2.27. The van der Waals surface area contributed by atoms with Crippen LogP contribution in [-0.2, 0) is 20.8 Å². The van der Waals surface area contributed by atoms with Gasteiger partial charge in [-0.1, -0.05) is 12.1 Å². The van der Waals surface area contributed by atoms with Crippen molar-refractivity contribution >= 4 is 17.9 Å². The van der Waals surface area contributed by atoms with Crippen molar-refractivity contribution in [2.24, 2.45) is 0 Å². The zero-order valence-electron chi connectivity index (χ0n) is 17.9. The van der Waals surface area contributed by atoms with Crippen molar-refractivity contribution in [2.75, 3.05) is 26.9 Å². The number of hydrogen-bond donors (Lipinski definition) is 0. The Bertz CT molecular complexity index is 913. The van der Waals surface area contributed by atoms with Gasteiger partial charge < -0.3 is 23.5 Å². The van der Waals surface area contributed by atoms with E-state index in [-0.39, 0.29) is 43.2 Å². The van der Waals surface area contributed by atoms with Crippen molar-refractivity contribution in [1.29, 1.82) is 0 Å². The van der Waals surface area contributed by atoms with E-state index in [9.17, 15) is 14.4 Å². The van der Waals surface area contributed by atoms with Crippen LogP contribution >= 0.6 is 0 Å². The van der Waals surface area contributed by atoms with E-state index >= 15 is 0 Å². The monoisotopic (exact) mass is 417 g/mol. The molecule has 2 rings (SSSR count). The quantitative estimate of drug-likeness (QED) is 0.456. The summed E-state index contributed by atoms with van der Waals surface area (Å²) in [5.41, 5.74) is 1.08. The minimum Gasteiger partial charge on any atom is -0.497 e. The van der Waals surface area contributed by atoms with Crippen LogP contribution in [0.2, 0.25) is 0 Å². The minimum atomic E-state index is -0.778. The average molecular weight is 417 g/mol. The summed E-state index contributed by atoms with van der Waals surface area (Å²) < 4.78 is 22.2. The topological polar surface area (TPSA) is 93.1 Å². The Morgan fingerprint density at radius 2 is 1.30 bits per heavy atom. The SMILES string of the molecule is CCOC(=O)c1c(C(=O)OCC)c(C(=O)OCC)n(Cc2ccc(OC)cc2)c1C. The number of carbonyl (C=O) groups excluding carboxylic acids is 3. The van der Waals surface area contributed by atoms with Crippen molar-refractivity contribution in [3.63, 3.8) is 0 Å². The maximum atomic E-state index is 12.8. The molecule has 0 amide bonds. The van der Waals surface area contributed by atoms with Crippen molar-refractivity contribution in [3.05, 3.63) is 52.3 Å². The second-order valence-corrected chi connectivity index (χ2v) is 6.28. The van der Waals surface area contributed by atoms with Crippen molar-refractivity contribution in [3.8, 4) is 5.75 Å². The Morgan fingerprint density at radius 3 is 1.80 bits per heavy atom. The van der Waals surface area contributed by atoms with Crippen molar-refractivity contribution in [2.45, 2.75) is 34.2 Å². The number of hydrogen-bond acceptors (Lipinski definition) is 7. The molecule has 0 bridgehead atoms. The Labute approximate surface area is 175 Å². The molecule has 30 heavy (non-hydrogen) atoms. The van der Waals surface area contributed by atoms with Gasteiger partial charge in [-0.05, 0) is 45.4 Å². The molecular weight excluding hydrogens is 390 g/mol. The molecule has 0 atom stereocenters. The Morgan fingerprint density at radius 1 is 0.800 bits per heavy atom. The molecule has 162 valence electrons. The highest BCUT2D eigenvalue weighted by molar-refractivity contribution is 6.11. The van der Waals surface area contributed by atoms with Crippen LogP contribution in [0.15, 0.2) is 24.3 Å². The molecule has 0 aliphatic rings. The largest absolute Gasteiger partial charge is 0.497 e. The minimum absolute atomic E-state index is 0.00636. The molecule has 0 aliphatic carbocycles. The molecule has 2 aromatic rings. The van der Waals surface area contributed by atoms with Crippen LogP contribution in [0.25, 0.3) is 0 Å². The van der Waals surface area contributed by atoms with E-state index < -0.39 is 17.9 Å². The van der Waals surface area contributed by atoms with E-state index in [4.69, 9.17) is 18.9 Å². The van der Waals surface area contributed by atoms with Gasteiger partial charge in [-0.15, -0.1) is 0 Å². The molecule has 0 spiro atoms. The number of aromatic nitrogens is 1. The smallest absolute Gasteiger partial charge is 0.355 e. The van der Waals surface area contributed by atoms with Crippen LogP contribution in [-0.4, -0.2) is 49.4 Å². The molecule has 1 heterocycles. The first-order valence-electron chi connectivity index (χ1n) is 9.76. The normalized spacial score (nSPS) is 10.4. The van der Waals surface area contributed by atoms with E-state index in [1.54, 1.807) is 51.5 Å². The van der Waals surface area contributed by atoms with Crippen molar-refractivity contribution in [1.82, 2.24) is 4.57 Å². The maximum absolute atomic E-state index is 12.8. The molecule has 0 fully saturated rings. The summed E-state index contributed by atoms with van der Waals surface area (Å²) in [5.74, 6) is -1.50. The Balaban J connectivity index is 2.70. The summed E-state index contributed by atoms with van der Waals surface area (Å²) in [7, 11) is 1.57. The highest BCUT2D eigenvalue weighted by Gasteiger charge is 2.35. The summed E-state index contributed by atoms with van der Waals surface area (Å²) in [4.78, 5) is 38.2. The maximum Gasteiger partial charge on any atom is 0.355 e. The molecule has 1 aromatic carbocycles. The van der Waals surface area contributed by atoms with E-state index in [2.05, 4.69) is 0 Å². The molecule has 8 heteroatoms. The second-order valence-electron chi connectivity index (χ2n) is 6.28. The lowest BCUT2D eigenvalue weighted by molar-refractivity contribution is 0.0458. The fraction of sp³-hybridized carbons (Fsp3) is 0.409. The number of carbonyl (C=O) groups is 3. The number of ether oxygens (including phenoxy) is 4. The standard InChI is InChI=1S/C22H27NO7/c1-6-28-20(24)17-14(4)23(13-15-9-11-16(27-5)12-10-15)19(22(26)30-8-3)18(17)21(25)29-7-2/h9-12H,6-8,13H2,1-5H3. The number of esters is 3. The third kappa shape index (κ3) is 4.82. The number of rotatable bonds is 9. The first kappa shape index (κ1) is 23.0. The zero-order valence-corrected chi connectivity index (χ0v) is 17.9. The number of methoxy groups -OCH3 is 1. The molecule has 0 saturated carbocycles. The summed E-state index contributed by atoms with van der Waals surface area (Å²) in [6, 6.07) is 7.25. The first-order chi connectivity index (χ1) is 14.4. The van der Waals surface area contributed by atoms with E-state index in [0.29, 0.717) is 11.4 Å². The molecular formula is C22H27NO7. The summed E-state index contributed by atoms with van der Waals surface area (Å²) in [6.07, 6.45) is 0. The number of benzene rings is 1. The first-order valence-corrected chi connectivity index (χ1v) is 9.76. The van der Waals surface area contributed by atoms with Gasteiger partial charge >= 0.3 is 17.9 Å². The molecule has 0 aliphatic heterocycles. The average Bonchev–Trinajstić information content (AvgIpc) is 3.01. The summed E-state index contributed by atoms with van der Waals surface area (Å²) in [6.45, 7) is 7.19. The van der Waals surface area contributed by atoms with Gasteiger partial charge in [0.05, 0.1) is 32.5 Å². The predicted octanol–water partition coefficient (Wildman–Crippen LogP) is 3.38. The second kappa shape index (κ2) is 10.5. The van der Waals surface area contributed by atoms with E-state index in [0.717, 1.165) is 5.56 Å². The van der Waals surface area contributed by atoms with E-state index in [1.165, 1.54) is 0 Å². The van der Waals surface area contributed by atoms with Crippen LogP contribution < -0.4 is 4.74 Å². The van der Waals surface area contributed by atoms with Crippen LogP contribution in [0.3, 0.4) is 0 Å². The van der Waals surface area contributed by atoms with Gasteiger partial charge in [0.15, 0.2) is 0 Å². The van der Waals surface area contributed by atoms with Gasteiger partial charge in [-0.2, -0.15) is 0 Å². The third-order valence-corrected chi connectivity index (χ3v) is 4.45. The molecule has 0 saturated heterocycles. The van der Waals surface area contributed by atoms with Gasteiger partial charge in [-0.25, -0.2) is 14.4 Å². The van der Waals surface area contributed by atoms with Crippen LogP contribution in [0.1, 0.15) is 63.2 Å². The Kier molecular flexibility index (Phi) is 8.03. The Hall–Kier alpha value is -3.29. The van der Waals surface area contributed by atoms with Gasteiger partial charge in [-0.3, -0.25) is 0 Å². The zero-order chi connectivity index (χ0) is 22.3. The summed E-state index contributed by atoms with van der Waals surface area (Å²) in [5, 5.41) is 0. The molecule has 8 nitrogen and oxygen atoms in total. The lowest BCUT2D eigenvalue weighted by atomic mass is 10.1. The predicted molar refractivity (Wildman–Crippen MR) is 109 cm³/mol.